The smallest absolute Gasteiger partial charge is 0.225 e. The average Bonchev–Trinajstić information content (AvgIpc) is 2.51. The Morgan fingerprint density at radius 2 is 1.85 bits per heavy atom. The maximum Gasteiger partial charge on any atom is 0.225 e. The highest BCUT2D eigenvalue weighted by atomic mass is 79.9. The predicted octanol–water partition coefficient (Wildman–Crippen LogP) is 3.93. The van der Waals surface area contributed by atoms with E-state index in [1.165, 1.54) is 28.4 Å². The second kappa shape index (κ2) is 5.92. The van der Waals surface area contributed by atoms with Crippen molar-refractivity contribution in [1.29, 1.82) is 0 Å². The second-order valence-corrected chi connectivity index (χ2v) is 6.17. The molecule has 0 saturated carbocycles. The van der Waals surface area contributed by atoms with E-state index in [9.17, 15) is 0 Å². The van der Waals surface area contributed by atoms with Gasteiger partial charge in [-0.05, 0) is 48.9 Å². The van der Waals surface area contributed by atoms with Gasteiger partial charge in [0.05, 0.1) is 0 Å². The Balaban J connectivity index is 1.68. The van der Waals surface area contributed by atoms with Crippen molar-refractivity contribution in [1.82, 2.24) is 9.97 Å². The number of rotatable bonds is 2. The van der Waals surface area contributed by atoms with E-state index < -0.39 is 0 Å². The quantitative estimate of drug-likeness (QED) is 0.834. The van der Waals surface area contributed by atoms with Gasteiger partial charge in [0.15, 0.2) is 0 Å². The Kier molecular flexibility index (Phi) is 4.01. The van der Waals surface area contributed by atoms with Gasteiger partial charge < -0.3 is 4.90 Å². The zero-order valence-electron chi connectivity index (χ0n) is 11.6. The molecule has 0 atom stereocenters. The first-order valence-electron chi connectivity index (χ1n) is 7.02. The monoisotopic (exact) mass is 331 g/mol. The van der Waals surface area contributed by atoms with E-state index in [1.54, 1.807) is 0 Å². The zero-order valence-corrected chi connectivity index (χ0v) is 13.2. The Hall–Kier alpha value is -1.42. The molecule has 1 aliphatic heterocycles. The van der Waals surface area contributed by atoms with Crippen molar-refractivity contribution in [3.63, 3.8) is 0 Å². The van der Waals surface area contributed by atoms with Crippen molar-refractivity contribution in [2.45, 2.75) is 25.7 Å². The summed E-state index contributed by atoms with van der Waals surface area (Å²) in [5.74, 6) is 1.51. The molecule has 1 aliphatic rings. The summed E-state index contributed by atoms with van der Waals surface area (Å²) in [5, 5.41) is 0. The van der Waals surface area contributed by atoms with E-state index in [1.807, 2.05) is 18.5 Å². The Morgan fingerprint density at radius 3 is 2.50 bits per heavy atom. The first-order chi connectivity index (χ1) is 9.74. The molecule has 20 heavy (non-hydrogen) atoms. The van der Waals surface area contributed by atoms with Gasteiger partial charge in [-0.1, -0.05) is 28.1 Å². The molecule has 1 fully saturated rings. The Labute approximate surface area is 128 Å². The molecule has 104 valence electrons. The maximum atomic E-state index is 4.33. The number of halogens is 1. The van der Waals surface area contributed by atoms with Gasteiger partial charge in [0, 0.05) is 30.0 Å². The van der Waals surface area contributed by atoms with Gasteiger partial charge in [0.2, 0.25) is 5.95 Å². The van der Waals surface area contributed by atoms with Gasteiger partial charge in [0.1, 0.15) is 0 Å². The number of benzene rings is 1. The highest BCUT2D eigenvalue weighted by Crippen LogP contribution is 2.31. The van der Waals surface area contributed by atoms with Crippen molar-refractivity contribution in [3.8, 4) is 0 Å². The van der Waals surface area contributed by atoms with Crippen LogP contribution in [0.25, 0.3) is 0 Å². The third-order valence-corrected chi connectivity index (χ3v) is 4.87. The van der Waals surface area contributed by atoms with Crippen LogP contribution in [0.1, 0.15) is 29.9 Å². The molecule has 4 heteroatoms. The van der Waals surface area contributed by atoms with Crippen LogP contribution in [0.4, 0.5) is 5.95 Å². The number of anilines is 1. The highest BCUT2D eigenvalue weighted by Gasteiger charge is 2.22. The molecule has 3 rings (SSSR count). The number of nitrogens with zero attached hydrogens (tertiary/aromatic N) is 3. The lowest BCUT2D eigenvalue weighted by atomic mass is 9.89. The second-order valence-electron chi connectivity index (χ2n) is 5.32. The summed E-state index contributed by atoms with van der Waals surface area (Å²) in [6.07, 6.45) is 5.96. The number of aryl methyl sites for hydroxylation is 1. The predicted molar refractivity (Wildman–Crippen MR) is 85.1 cm³/mol. The van der Waals surface area contributed by atoms with Gasteiger partial charge in [-0.25, -0.2) is 9.97 Å². The van der Waals surface area contributed by atoms with Gasteiger partial charge >= 0.3 is 0 Å². The Morgan fingerprint density at radius 1 is 1.15 bits per heavy atom. The summed E-state index contributed by atoms with van der Waals surface area (Å²) in [6, 6.07) is 8.58. The molecule has 0 spiro atoms. The van der Waals surface area contributed by atoms with Crippen LogP contribution in [0.3, 0.4) is 0 Å². The SMILES string of the molecule is Cc1cc(C2CCN(c3ncccn3)CC2)ccc1Br. The number of aromatic nitrogens is 2. The molecule has 0 radical (unpaired) electrons. The van der Waals surface area contributed by atoms with Gasteiger partial charge in [-0.3, -0.25) is 0 Å². The molecular weight excluding hydrogens is 314 g/mol. The number of hydrogen-bond donors (Lipinski definition) is 0. The third kappa shape index (κ3) is 2.85. The summed E-state index contributed by atoms with van der Waals surface area (Å²) < 4.78 is 1.19. The van der Waals surface area contributed by atoms with Gasteiger partial charge in [-0.15, -0.1) is 0 Å². The van der Waals surface area contributed by atoms with Gasteiger partial charge in [0.25, 0.3) is 0 Å². The van der Waals surface area contributed by atoms with Crippen LogP contribution in [0.5, 0.6) is 0 Å². The first kappa shape index (κ1) is 13.6. The van der Waals surface area contributed by atoms with Crippen LogP contribution in [-0.2, 0) is 0 Å². The molecule has 1 aromatic heterocycles. The minimum Gasteiger partial charge on any atom is -0.341 e. The molecule has 0 unspecified atom stereocenters. The number of hydrogen-bond acceptors (Lipinski definition) is 3. The average molecular weight is 332 g/mol. The molecule has 2 heterocycles. The third-order valence-electron chi connectivity index (χ3n) is 3.98. The largest absolute Gasteiger partial charge is 0.341 e. The van der Waals surface area contributed by atoms with E-state index in [4.69, 9.17) is 0 Å². The van der Waals surface area contributed by atoms with Crippen LogP contribution in [-0.4, -0.2) is 23.1 Å². The molecule has 1 aromatic carbocycles. The normalized spacial score (nSPS) is 16.4. The molecule has 0 bridgehead atoms. The summed E-state index contributed by atoms with van der Waals surface area (Å²) in [5.41, 5.74) is 2.77. The molecular formula is C16H18BrN3. The van der Waals surface area contributed by atoms with Crippen LogP contribution in [0, 0.1) is 6.92 Å². The Bertz CT molecular complexity index is 578. The first-order valence-corrected chi connectivity index (χ1v) is 7.81. The van der Waals surface area contributed by atoms with Gasteiger partial charge in [-0.2, -0.15) is 0 Å². The summed E-state index contributed by atoms with van der Waals surface area (Å²) in [7, 11) is 0. The summed E-state index contributed by atoms with van der Waals surface area (Å²) >= 11 is 3.57. The minimum atomic E-state index is 0.654. The number of piperidine rings is 1. The van der Waals surface area contributed by atoms with E-state index in [-0.39, 0.29) is 0 Å². The lowest BCUT2D eigenvalue weighted by Gasteiger charge is -2.32. The molecule has 3 nitrogen and oxygen atoms in total. The lowest BCUT2D eigenvalue weighted by Crippen LogP contribution is -2.34. The van der Waals surface area contributed by atoms with Crippen molar-refractivity contribution in [3.05, 3.63) is 52.3 Å². The lowest BCUT2D eigenvalue weighted by molar-refractivity contribution is 0.499. The molecule has 0 N–H and O–H groups in total. The van der Waals surface area contributed by atoms with Crippen molar-refractivity contribution in [2.75, 3.05) is 18.0 Å². The van der Waals surface area contributed by atoms with E-state index in [0.29, 0.717) is 5.92 Å². The molecule has 0 aliphatic carbocycles. The fourth-order valence-electron chi connectivity index (χ4n) is 2.79. The van der Waals surface area contributed by atoms with Crippen LogP contribution >= 0.6 is 15.9 Å². The summed E-state index contributed by atoms with van der Waals surface area (Å²) in [4.78, 5) is 10.9. The topological polar surface area (TPSA) is 29.0 Å². The van der Waals surface area contributed by atoms with E-state index in [0.717, 1.165) is 19.0 Å². The van der Waals surface area contributed by atoms with Crippen LogP contribution < -0.4 is 4.90 Å². The van der Waals surface area contributed by atoms with E-state index in [2.05, 4.69) is 55.9 Å². The minimum absolute atomic E-state index is 0.654. The standard InChI is InChI=1S/C16H18BrN3/c1-12-11-14(3-4-15(12)17)13-5-9-20(10-6-13)16-18-7-2-8-19-16/h2-4,7-8,11,13H,5-6,9-10H2,1H3. The molecule has 2 aromatic rings. The van der Waals surface area contributed by atoms with Crippen molar-refractivity contribution in [2.24, 2.45) is 0 Å². The van der Waals surface area contributed by atoms with Crippen LogP contribution in [0.2, 0.25) is 0 Å². The fraction of sp³-hybridized carbons (Fsp3) is 0.375. The maximum absolute atomic E-state index is 4.33. The van der Waals surface area contributed by atoms with Crippen molar-refractivity contribution >= 4 is 21.9 Å². The van der Waals surface area contributed by atoms with E-state index >= 15 is 0 Å². The molecule has 0 amide bonds. The van der Waals surface area contributed by atoms with Crippen LogP contribution in [0.15, 0.2) is 41.1 Å². The fourth-order valence-corrected chi connectivity index (χ4v) is 3.04. The summed E-state index contributed by atoms with van der Waals surface area (Å²) in [6.45, 7) is 4.22. The molecule has 1 saturated heterocycles. The zero-order chi connectivity index (χ0) is 13.9. The highest BCUT2D eigenvalue weighted by molar-refractivity contribution is 9.10. The van der Waals surface area contributed by atoms with Crippen molar-refractivity contribution < 1.29 is 0 Å².